The van der Waals surface area contributed by atoms with Crippen LogP contribution < -0.4 is 4.18 Å². The average Bonchev–Trinajstić information content (AvgIpc) is 2.55. The van der Waals surface area contributed by atoms with Crippen LogP contribution >= 0.6 is 0 Å². The molecular weight excluding hydrogens is 341 g/mol. The van der Waals surface area contributed by atoms with Crippen LogP contribution in [-0.2, 0) is 10.1 Å². The van der Waals surface area contributed by atoms with Gasteiger partial charge in [-0.1, -0.05) is 60.7 Å². The highest BCUT2D eigenvalue weighted by Crippen LogP contribution is 2.39. The summed E-state index contributed by atoms with van der Waals surface area (Å²) in [6.45, 7) is 0. The van der Waals surface area contributed by atoms with E-state index in [1.165, 1.54) is 6.07 Å². The molecule has 0 fully saturated rings. The SMILES string of the molecule is O=S(=O)(Oc1c(-c2ccccc2)ccc2ccccc12)C(F)(F)F. The number of halogens is 3. The van der Waals surface area contributed by atoms with E-state index < -0.39 is 15.6 Å². The Kier molecular flexibility index (Phi) is 3.96. The number of rotatable bonds is 3. The molecule has 3 aromatic rings. The number of benzene rings is 3. The van der Waals surface area contributed by atoms with Crippen LogP contribution in [0.5, 0.6) is 5.75 Å². The van der Waals surface area contributed by atoms with Crippen molar-refractivity contribution in [1.29, 1.82) is 0 Å². The molecule has 0 atom stereocenters. The standard InChI is InChI=1S/C17H11F3O3S/c18-17(19,20)24(21,22)23-16-14-9-5-4-8-13(14)10-11-15(16)12-6-2-1-3-7-12/h1-11H. The Morgan fingerprint density at radius 3 is 2.08 bits per heavy atom. The first-order valence-electron chi connectivity index (χ1n) is 6.87. The Morgan fingerprint density at radius 1 is 0.792 bits per heavy atom. The molecule has 0 radical (unpaired) electrons. The van der Waals surface area contributed by atoms with E-state index >= 15 is 0 Å². The zero-order valence-electron chi connectivity index (χ0n) is 12.1. The molecule has 0 aliphatic carbocycles. The summed E-state index contributed by atoms with van der Waals surface area (Å²) in [4.78, 5) is 0. The second-order valence-electron chi connectivity index (χ2n) is 5.01. The van der Waals surface area contributed by atoms with Crippen molar-refractivity contribution in [2.24, 2.45) is 0 Å². The summed E-state index contributed by atoms with van der Waals surface area (Å²) in [5.74, 6) is -0.336. The first kappa shape index (κ1) is 16.3. The Bertz CT molecular complexity index is 981. The minimum atomic E-state index is -5.77. The van der Waals surface area contributed by atoms with Gasteiger partial charge < -0.3 is 4.18 Å². The Morgan fingerprint density at radius 2 is 1.42 bits per heavy atom. The smallest absolute Gasteiger partial charge is 0.375 e. The third kappa shape index (κ3) is 2.94. The minimum absolute atomic E-state index is 0.266. The number of fused-ring (bicyclic) bond motifs is 1. The minimum Gasteiger partial charge on any atom is -0.375 e. The third-order valence-electron chi connectivity index (χ3n) is 3.44. The maximum Gasteiger partial charge on any atom is 0.534 e. The van der Waals surface area contributed by atoms with Crippen molar-refractivity contribution in [2.45, 2.75) is 5.51 Å². The molecule has 0 amide bonds. The second-order valence-corrected chi connectivity index (χ2v) is 6.55. The van der Waals surface area contributed by atoms with Crippen LogP contribution in [0.4, 0.5) is 13.2 Å². The second kappa shape index (κ2) is 5.83. The lowest BCUT2D eigenvalue weighted by atomic mass is 10.00. The normalized spacial score (nSPS) is 12.3. The maximum absolute atomic E-state index is 12.7. The monoisotopic (exact) mass is 352 g/mol. The molecule has 3 aromatic carbocycles. The van der Waals surface area contributed by atoms with Crippen LogP contribution in [0.25, 0.3) is 21.9 Å². The zero-order chi connectivity index (χ0) is 17.4. The molecule has 0 spiro atoms. The van der Waals surface area contributed by atoms with Gasteiger partial charge in [-0.15, -0.1) is 0 Å². The highest BCUT2D eigenvalue weighted by atomic mass is 32.2. The molecule has 124 valence electrons. The van der Waals surface area contributed by atoms with E-state index in [4.69, 9.17) is 0 Å². The average molecular weight is 352 g/mol. The molecular formula is C17H11F3O3S. The van der Waals surface area contributed by atoms with Crippen LogP contribution in [-0.4, -0.2) is 13.9 Å². The van der Waals surface area contributed by atoms with Gasteiger partial charge in [0.2, 0.25) is 0 Å². The molecule has 24 heavy (non-hydrogen) atoms. The third-order valence-corrected chi connectivity index (χ3v) is 4.39. The fourth-order valence-corrected chi connectivity index (χ4v) is 2.83. The van der Waals surface area contributed by atoms with Gasteiger partial charge in [0.1, 0.15) is 0 Å². The highest BCUT2D eigenvalue weighted by molar-refractivity contribution is 7.88. The van der Waals surface area contributed by atoms with E-state index in [9.17, 15) is 21.6 Å². The lowest BCUT2D eigenvalue weighted by molar-refractivity contribution is -0.0499. The van der Waals surface area contributed by atoms with Crippen molar-refractivity contribution < 1.29 is 25.8 Å². The van der Waals surface area contributed by atoms with Gasteiger partial charge in [0, 0.05) is 10.9 Å². The topological polar surface area (TPSA) is 43.4 Å². The Labute approximate surface area is 136 Å². The predicted octanol–water partition coefficient (Wildman–Crippen LogP) is 4.74. The van der Waals surface area contributed by atoms with Crippen molar-refractivity contribution in [3.63, 3.8) is 0 Å². The summed E-state index contributed by atoms with van der Waals surface area (Å²) in [7, 11) is -5.77. The highest BCUT2D eigenvalue weighted by Gasteiger charge is 2.49. The van der Waals surface area contributed by atoms with Gasteiger partial charge in [0.25, 0.3) is 0 Å². The first-order chi connectivity index (χ1) is 11.3. The van der Waals surface area contributed by atoms with Crippen LogP contribution in [0, 0.1) is 0 Å². The van der Waals surface area contributed by atoms with Crippen LogP contribution in [0.15, 0.2) is 66.7 Å². The first-order valence-corrected chi connectivity index (χ1v) is 8.28. The molecule has 0 unspecified atom stereocenters. The van der Waals surface area contributed by atoms with E-state index in [1.54, 1.807) is 60.7 Å². The largest absolute Gasteiger partial charge is 0.534 e. The Balaban J connectivity index is 2.27. The van der Waals surface area contributed by atoms with Crippen molar-refractivity contribution >= 4 is 20.9 Å². The molecule has 0 saturated carbocycles. The van der Waals surface area contributed by atoms with Gasteiger partial charge >= 0.3 is 15.6 Å². The molecule has 0 aromatic heterocycles. The fourth-order valence-electron chi connectivity index (χ4n) is 2.33. The van der Waals surface area contributed by atoms with Gasteiger partial charge in [0.15, 0.2) is 5.75 Å². The van der Waals surface area contributed by atoms with Gasteiger partial charge in [-0.25, -0.2) is 0 Å². The summed E-state index contributed by atoms with van der Waals surface area (Å²) < 4.78 is 65.7. The molecule has 3 nitrogen and oxygen atoms in total. The summed E-state index contributed by atoms with van der Waals surface area (Å²) in [6.07, 6.45) is 0. The van der Waals surface area contributed by atoms with E-state index in [1.807, 2.05) is 0 Å². The van der Waals surface area contributed by atoms with Crippen molar-refractivity contribution in [1.82, 2.24) is 0 Å². The number of hydrogen-bond donors (Lipinski definition) is 0. The van der Waals surface area contributed by atoms with Crippen molar-refractivity contribution in [2.75, 3.05) is 0 Å². The molecule has 0 saturated heterocycles. The van der Waals surface area contributed by atoms with Crippen LogP contribution in [0.2, 0.25) is 0 Å². The van der Waals surface area contributed by atoms with Crippen LogP contribution in [0.3, 0.4) is 0 Å². The lowest BCUT2D eigenvalue weighted by Crippen LogP contribution is -2.28. The van der Waals surface area contributed by atoms with Gasteiger partial charge in [-0.05, 0) is 17.0 Å². The molecule has 0 N–H and O–H groups in total. The number of hydrogen-bond acceptors (Lipinski definition) is 3. The molecule has 0 heterocycles. The van der Waals surface area contributed by atoms with Gasteiger partial charge in [-0.3, -0.25) is 0 Å². The zero-order valence-corrected chi connectivity index (χ0v) is 12.9. The predicted molar refractivity (Wildman–Crippen MR) is 85.0 cm³/mol. The molecule has 7 heteroatoms. The van der Waals surface area contributed by atoms with E-state index in [0.717, 1.165) is 0 Å². The quantitative estimate of drug-likeness (QED) is 0.505. The van der Waals surface area contributed by atoms with Crippen LogP contribution in [0.1, 0.15) is 0 Å². The molecule has 0 aliphatic heterocycles. The fraction of sp³-hybridized carbons (Fsp3) is 0.0588. The van der Waals surface area contributed by atoms with Gasteiger partial charge in [0.05, 0.1) is 0 Å². The molecule has 3 rings (SSSR count). The Hall–Kier alpha value is -2.54. The lowest BCUT2D eigenvalue weighted by Gasteiger charge is -2.15. The molecule has 0 aliphatic rings. The van der Waals surface area contributed by atoms with E-state index in [0.29, 0.717) is 10.9 Å². The summed E-state index contributed by atoms with van der Waals surface area (Å²) in [5, 5.41) is 0.858. The summed E-state index contributed by atoms with van der Waals surface area (Å²) >= 11 is 0. The number of alkyl halides is 3. The van der Waals surface area contributed by atoms with E-state index in [-0.39, 0.29) is 16.7 Å². The van der Waals surface area contributed by atoms with Gasteiger partial charge in [-0.2, -0.15) is 21.6 Å². The maximum atomic E-state index is 12.7. The van der Waals surface area contributed by atoms with E-state index in [2.05, 4.69) is 4.18 Å². The summed E-state index contributed by atoms with van der Waals surface area (Å²) in [5.41, 5.74) is -4.68. The molecule has 0 bridgehead atoms. The summed E-state index contributed by atoms with van der Waals surface area (Å²) in [6, 6.07) is 18.2. The van der Waals surface area contributed by atoms with Crippen molar-refractivity contribution in [3.8, 4) is 16.9 Å². The van der Waals surface area contributed by atoms with Crippen molar-refractivity contribution in [3.05, 3.63) is 66.7 Å².